The van der Waals surface area contributed by atoms with Crippen molar-refractivity contribution in [3.63, 3.8) is 0 Å². The minimum atomic E-state index is -0.394. The van der Waals surface area contributed by atoms with E-state index in [1.807, 2.05) is 45.9 Å². The maximum absolute atomic E-state index is 13.3. The number of para-hydroxylation sites is 1. The molecule has 0 spiro atoms. The van der Waals surface area contributed by atoms with Crippen molar-refractivity contribution in [1.82, 2.24) is 0 Å². The molecule has 0 saturated carbocycles. The molecule has 0 bridgehead atoms. The van der Waals surface area contributed by atoms with Gasteiger partial charge in [-0.2, -0.15) is 0 Å². The molecule has 1 aliphatic heterocycles. The van der Waals surface area contributed by atoms with Crippen molar-refractivity contribution in [3.05, 3.63) is 58.7 Å². The molecule has 0 fully saturated rings. The molecular weight excluding hydrogens is 340 g/mol. The summed E-state index contributed by atoms with van der Waals surface area (Å²) in [5, 5.41) is 2.66. The van der Waals surface area contributed by atoms with Crippen LogP contribution in [0.2, 0.25) is 0 Å². The lowest BCUT2D eigenvalue weighted by atomic mass is 9.92. The highest BCUT2D eigenvalue weighted by Gasteiger charge is 2.40. The van der Waals surface area contributed by atoms with Crippen LogP contribution in [0.25, 0.3) is 0 Å². The van der Waals surface area contributed by atoms with Crippen molar-refractivity contribution in [2.24, 2.45) is 0 Å². The Morgan fingerprint density at radius 3 is 1.96 bits per heavy atom. The molecule has 5 heteroatoms. The van der Waals surface area contributed by atoms with Gasteiger partial charge in [-0.3, -0.25) is 14.4 Å². The van der Waals surface area contributed by atoms with Crippen LogP contribution in [0.4, 0.5) is 11.4 Å². The number of anilines is 2. The highest BCUT2D eigenvalue weighted by molar-refractivity contribution is 6.36. The van der Waals surface area contributed by atoms with Crippen molar-refractivity contribution >= 4 is 29.1 Å². The number of benzene rings is 2. The monoisotopic (exact) mass is 364 g/mol. The second-order valence-corrected chi connectivity index (χ2v) is 7.45. The quantitative estimate of drug-likeness (QED) is 0.800. The van der Waals surface area contributed by atoms with E-state index in [2.05, 4.69) is 5.32 Å². The van der Waals surface area contributed by atoms with Gasteiger partial charge in [0.1, 0.15) is 0 Å². The highest BCUT2D eigenvalue weighted by Crippen LogP contribution is 2.40. The zero-order chi connectivity index (χ0) is 19.9. The molecule has 2 aromatic carbocycles. The van der Waals surface area contributed by atoms with Gasteiger partial charge in [-0.1, -0.05) is 52.0 Å². The minimum Gasteiger partial charge on any atom is -0.326 e. The van der Waals surface area contributed by atoms with E-state index in [1.165, 1.54) is 11.8 Å². The van der Waals surface area contributed by atoms with Crippen molar-refractivity contribution in [1.29, 1.82) is 0 Å². The number of hydrogen-bond donors (Lipinski definition) is 1. The van der Waals surface area contributed by atoms with Crippen LogP contribution in [-0.2, 0) is 4.79 Å². The fourth-order valence-electron chi connectivity index (χ4n) is 3.55. The van der Waals surface area contributed by atoms with Gasteiger partial charge in [0.05, 0.1) is 22.5 Å². The van der Waals surface area contributed by atoms with Crippen molar-refractivity contribution in [3.8, 4) is 0 Å². The first-order chi connectivity index (χ1) is 12.7. The van der Waals surface area contributed by atoms with Gasteiger partial charge in [-0.05, 0) is 35.1 Å². The lowest BCUT2D eigenvalue weighted by Gasteiger charge is -2.25. The van der Waals surface area contributed by atoms with Crippen LogP contribution in [0.3, 0.4) is 0 Å². The third-order valence-electron chi connectivity index (χ3n) is 4.79. The number of nitrogens with zero attached hydrogens (tertiary/aromatic N) is 1. The molecule has 27 heavy (non-hydrogen) atoms. The second-order valence-electron chi connectivity index (χ2n) is 7.45. The summed E-state index contributed by atoms with van der Waals surface area (Å²) in [4.78, 5) is 39.3. The zero-order valence-electron chi connectivity index (χ0n) is 16.3. The zero-order valence-corrected chi connectivity index (χ0v) is 16.3. The first-order valence-electron chi connectivity index (χ1n) is 9.16. The Morgan fingerprint density at radius 1 is 0.889 bits per heavy atom. The molecule has 5 nitrogen and oxygen atoms in total. The van der Waals surface area contributed by atoms with E-state index >= 15 is 0 Å². The summed E-state index contributed by atoms with van der Waals surface area (Å²) >= 11 is 0. The van der Waals surface area contributed by atoms with E-state index < -0.39 is 5.91 Å². The average molecular weight is 364 g/mol. The molecule has 140 valence electrons. The van der Waals surface area contributed by atoms with Crippen molar-refractivity contribution in [2.75, 3.05) is 10.2 Å². The Bertz CT molecular complexity index is 918. The molecule has 3 rings (SSSR count). The molecule has 0 unspecified atom stereocenters. The predicted octanol–water partition coefficient (Wildman–Crippen LogP) is 4.69. The van der Waals surface area contributed by atoms with Gasteiger partial charge in [-0.15, -0.1) is 0 Å². The number of carbonyl (C=O) groups is 3. The Balaban J connectivity index is 2.22. The fraction of sp³-hybridized carbons (Fsp3) is 0.318. The summed E-state index contributed by atoms with van der Waals surface area (Å²) in [5.74, 6) is -0.727. The maximum Gasteiger partial charge on any atom is 0.268 e. The van der Waals surface area contributed by atoms with Crippen LogP contribution >= 0.6 is 0 Å². The van der Waals surface area contributed by atoms with E-state index in [9.17, 15) is 14.4 Å². The van der Waals surface area contributed by atoms with Gasteiger partial charge in [0.2, 0.25) is 5.91 Å². The van der Waals surface area contributed by atoms with Gasteiger partial charge in [-0.25, -0.2) is 4.90 Å². The van der Waals surface area contributed by atoms with Crippen LogP contribution in [0.5, 0.6) is 0 Å². The first-order valence-corrected chi connectivity index (χ1v) is 9.16. The maximum atomic E-state index is 13.3. The number of carbonyl (C=O) groups excluding carboxylic acids is 3. The minimum absolute atomic E-state index is 0.151. The smallest absolute Gasteiger partial charge is 0.268 e. The largest absolute Gasteiger partial charge is 0.326 e. The van der Waals surface area contributed by atoms with E-state index in [-0.39, 0.29) is 29.2 Å². The van der Waals surface area contributed by atoms with E-state index in [4.69, 9.17) is 0 Å². The number of hydrogen-bond acceptors (Lipinski definition) is 3. The molecular formula is C22H24N2O3. The van der Waals surface area contributed by atoms with Crippen LogP contribution in [0.1, 0.15) is 78.3 Å². The van der Waals surface area contributed by atoms with Crippen LogP contribution in [0.15, 0.2) is 36.4 Å². The van der Waals surface area contributed by atoms with E-state index in [1.54, 1.807) is 18.2 Å². The lowest BCUT2D eigenvalue weighted by Crippen LogP contribution is -2.32. The molecule has 0 aromatic heterocycles. The molecule has 1 N–H and O–H groups in total. The standard InChI is InChI=1S/C22H24N2O3/c1-12(2)15-8-6-9-16(13(3)4)20(15)24-21(26)17-10-7-11-18(23-14(5)25)19(17)22(24)27/h6-13H,1-5H3,(H,23,25). The number of rotatable bonds is 4. The van der Waals surface area contributed by atoms with Crippen molar-refractivity contribution < 1.29 is 14.4 Å². The Hall–Kier alpha value is -2.95. The lowest BCUT2D eigenvalue weighted by molar-refractivity contribution is -0.114. The molecule has 0 atom stereocenters. The Labute approximate surface area is 159 Å². The predicted molar refractivity (Wildman–Crippen MR) is 107 cm³/mol. The average Bonchev–Trinajstić information content (AvgIpc) is 2.85. The molecule has 0 saturated heterocycles. The van der Waals surface area contributed by atoms with Crippen LogP contribution in [0, 0.1) is 0 Å². The van der Waals surface area contributed by atoms with Gasteiger partial charge in [0.25, 0.3) is 11.8 Å². The topological polar surface area (TPSA) is 66.5 Å². The summed E-state index contributed by atoms with van der Waals surface area (Å²) in [6.07, 6.45) is 0. The first kappa shape index (κ1) is 18.8. The summed E-state index contributed by atoms with van der Waals surface area (Å²) < 4.78 is 0. The molecule has 3 amide bonds. The Kier molecular flexibility index (Phi) is 4.87. The van der Waals surface area contributed by atoms with E-state index in [0.29, 0.717) is 16.9 Å². The van der Waals surface area contributed by atoms with Crippen molar-refractivity contribution in [2.45, 2.75) is 46.5 Å². The molecule has 1 heterocycles. The molecule has 2 aromatic rings. The van der Waals surface area contributed by atoms with Gasteiger partial charge in [0, 0.05) is 6.92 Å². The fourth-order valence-corrected chi connectivity index (χ4v) is 3.55. The normalized spacial score (nSPS) is 13.5. The van der Waals surface area contributed by atoms with Gasteiger partial charge < -0.3 is 5.32 Å². The number of nitrogens with one attached hydrogen (secondary N) is 1. The summed E-state index contributed by atoms with van der Waals surface area (Å²) in [7, 11) is 0. The third-order valence-corrected chi connectivity index (χ3v) is 4.79. The SMILES string of the molecule is CC(=O)Nc1cccc2c1C(=O)N(c1c(C(C)C)cccc1C(C)C)C2=O. The third kappa shape index (κ3) is 3.14. The highest BCUT2D eigenvalue weighted by atomic mass is 16.2. The molecule has 1 aliphatic rings. The van der Waals surface area contributed by atoms with Crippen LogP contribution in [-0.4, -0.2) is 17.7 Å². The summed E-state index contributed by atoms with van der Waals surface area (Å²) in [6, 6.07) is 10.8. The van der Waals surface area contributed by atoms with Crippen LogP contribution < -0.4 is 10.2 Å². The van der Waals surface area contributed by atoms with E-state index in [0.717, 1.165) is 11.1 Å². The Morgan fingerprint density at radius 2 is 1.44 bits per heavy atom. The number of amides is 3. The van der Waals surface area contributed by atoms with Gasteiger partial charge in [0.15, 0.2) is 0 Å². The molecule has 0 aliphatic carbocycles. The van der Waals surface area contributed by atoms with Gasteiger partial charge >= 0.3 is 0 Å². The number of imide groups is 1. The molecule has 0 radical (unpaired) electrons. The summed E-state index contributed by atoms with van der Waals surface area (Å²) in [6.45, 7) is 9.56. The number of fused-ring (bicyclic) bond motifs is 1. The summed E-state index contributed by atoms with van der Waals surface area (Å²) in [5.41, 5.74) is 3.52. The second kappa shape index (κ2) is 6.99.